The van der Waals surface area contributed by atoms with Crippen molar-refractivity contribution < 1.29 is 9.90 Å². The molecule has 1 aromatic rings. The zero-order valence-corrected chi connectivity index (χ0v) is 12.6. The van der Waals surface area contributed by atoms with Crippen molar-refractivity contribution in [1.29, 1.82) is 0 Å². The second-order valence-corrected chi connectivity index (χ2v) is 5.87. The Hall–Kier alpha value is -1.35. The summed E-state index contributed by atoms with van der Waals surface area (Å²) in [6.07, 6.45) is 4.69. The monoisotopic (exact) mass is 275 g/mol. The highest BCUT2D eigenvalue weighted by Crippen LogP contribution is 2.18. The summed E-state index contributed by atoms with van der Waals surface area (Å²) in [6.45, 7) is 5.02. The minimum absolute atomic E-state index is 0.0107. The molecule has 1 aliphatic heterocycles. The fraction of sp³-hybridized carbons (Fsp3) is 0.588. The van der Waals surface area contributed by atoms with Crippen molar-refractivity contribution in [3.05, 3.63) is 34.9 Å². The fourth-order valence-electron chi connectivity index (χ4n) is 2.89. The van der Waals surface area contributed by atoms with Gasteiger partial charge in [-0.2, -0.15) is 0 Å². The highest BCUT2D eigenvalue weighted by molar-refractivity contribution is 5.79. The van der Waals surface area contributed by atoms with Crippen molar-refractivity contribution in [2.24, 2.45) is 0 Å². The minimum atomic E-state index is 0.0107. The maximum Gasteiger partial charge on any atom is 0.227 e. The van der Waals surface area contributed by atoms with Crippen LogP contribution in [-0.4, -0.2) is 35.1 Å². The number of benzene rings is 1. The number of carbonyl (C=O) groups excluding carboxylic acids is 1. The van der Waals surface area contributed by atoms with Crippen molar-refractivity contribution in [2.75, 3.05) is 13.2 Å². The van der Waals surface area contributed by atoms with Gasteiger partial charge in [0.25, 0.3) is 0 Å². The number of hydrogen-bond acceptors (Lipinski definition) is 2. The van der Waals surface area contributed by atoms with Gasteiger partial charge < -0.3 is 10.0 Å². The molecule has 1 aliphatic rings. The number of rotatable bonds is 3. The summed E-state index contributed by atoms with van der Waals surface area (Å²) < 4.78 is 0. The zero-order valence-electron chi connectivity index (χ0n) is 12.6. The van der Waals surface area contributed by atoms with E-state index in [2.05, 4.69) is 26.0 Å². The van der Waals surface area contributed by atoms with Crippen LogP contribution < -0.4 is 0 Å². The Labute approximate surface area is 121 Å². The molecule has 0 aromatic heterocycles. The molecule has 1 amide bonds. The lowest BCUT2D eigenvalue weighted by Gasteiger charge is -2.28. The first-order valence-corrected chi connectivity index (χ1v) is 7.58. The summed E-state index contributed by atoms with van der Waals surface area (Å²) in [5.74, 6) is 0.147. The van der Waals surface area contributed by atoms with Crippen LogP contribution in [0.5, 0.6) is 0 Å². The zero-order chi connectivity index (χ0) is 14.5. The van der Waals surface area contributed by atoms with Gasteiger partial charge in [0.15, 0.2) is 0 Å². The third kappa shape index (κ3) is 3.60. The average molecular weight is 275 g/mol. The largest absolute Gasteiger partial charge is 0.394 e. The Bertz CT molecular complexity index is 470. The molecule has 1 atom stereocenters. The van der Waals surface area contributed by atoms with Gasteiger partial charge in [0.05, 0.1) is 19.1 Å². The van der Waals surface area contributed by atoms with E-state index in [1.807, 2.05) is 11.0 Å². The lowest BCUT2D eigenvalue weighted by atomic mass is 10.0. The highest BCUT2D eigenvalue weighted by Gasteiger charge is 2.24. The summed E-state index contributed by atoms with van der Waals surface area (Å²) in [5.41, 5.74) is 3.55. The molecular formula is C17H25NO2. The first-order chi connectivity index (χ1) is 9.61. The van der Waals surface area contributed by atoms with Crippen LogP contribution in [0.25, 0.3) is 0 Å². The van der Waals surface area contributed by atoms with E-state index in [9.17, 15) is 9.90 Å². The normalized spacial score (nSPS) is 19.8. The van der Waals surface area contributed by atoms with Gasteiger partial charge in [0.1, 0.15) is 0 Å². The third-order valence-corrected chi connectivity index (χ3v) is 4.33. The molecule has 0 radical (unpaired) electrons. The number of hydrogen-bond donors (Lipinski definition) is 1. The van der Waals surface area contributed by atoms with Crippen molar-refractivity contribution in [2.45, 2.75) is 52.0 Å². The molecule has 1 aromatic carbocycles. The summed E-state index contributed by atoms with van der Waals surface area (Å²) in [6, 6.07) is 6.21. The van der Waals surface area contributed by atoms with E-state index in [1.54, 1.807) is 0 Å². The quantitative estimate of drug-likeness (QED) is 0.921. The summed E-state index contributed by atoms with van der Waals surface area (Å²) in [4.78, 5) is 14.4. The number of amides is 1. The summed E-state index contributed by atoms with van der Waals surface area (Å²) in [7, 11) is 0. The van der Waals surface area contributed by atoms with E-state index in [4.69, 9.17) is 0 Å². The SMILES string of the molecule is Cc1ccc(CC(=O)N2CCCCCC2CO)cc1C. The van der Waals surface area contributed by atoms with Crippen molar-refractivity contribution in [1.82, 2.24) is 4.90 Å². The Kier molecular flexibility index (Phi) is 5.18. The number of aryl methyl sites for hydroxylation is 2. The second-order valence-electron chi connectivity index (χ2n) is 5.87. The molecule has 0 bridgehead atoms. The molecule has 20 heavy (non-hydrogen) atoms. The summed E-state index contributed by atoms with van der Waals surface area (Å²) in [5, 5.41) is 9.49. The van der Waals surface area contributed by atoms with E-state index in [1.165, 1.54) is 11.1 Å². The van der Waals surface area contributed by atoms with Crippen LogP contribution in [0.2, 0.25) is 0 Å². The van der Waals surface area contributed by atoms with Gasteiger partial charge in [0.2, 0.25) is 5.91 Å². The number of likely N-dealkylation sites (tertiary alicyclic amines) is 1. The first kappa shape index (κ1) is 15.0. The van der Waals surface area contributed by atoms with Crippen LogP contribution in [0.1, 0.15) is 42.4 Å². The molecular weight excluding hydrogens is 250 g/mol. The molecule has 3 heteroatoms. The van der Waals surface area contributed by atoms with Crippen LogP contribution in [0.15, 0.2) is 18.2 Å². The number of carbonyl (C=O) groups is 1. The van der Waals surface area contributed by atoms with Gasteiger partial charge in [-0.3, -0.25) is 4.79 Å². The highest BCUT2D eigenvalue weighted by atomic mass is 16.3. The predicted octanol–water partition coefficient (Wildman–Crippen LogP) is 2.61. The Balaban J connectivity index is 2.07. The predicted molar refractivity (Wildman–Crippen MR) is 80.7 cm³/mol. The van der Waals surface area contributed by atoms with E-state index in [0.29, 0.717) is 6.42 Å². The maximum absolute atomic E-state index is 12.5. The van der Waals surface area contributed by atoms with Crippen LogP contribution >= 0.6 is 0 Å². The Morgan fingerprint density at radius 1 is 1.25 bits per heavy atom. The first-order valence-electron chi connectivity index (χ1n) is 7.58. The van der Waals surface area contributed by atoms with Gasteiger partial charge in [-0.25, -0.2) is 0 Å². The third-order valence-electron chi connectivity index (χ3n) is 4.33. The lowest BCUT2D eigenvalue weighted by molar-refractivity contribution is -0.133. The molecule has 0 spiro atoms. The molecule has 1 saturated heterocycles. The van der Waals surface area contributed by atoms with Crippen molar-refractivity contribution >= 4 is 5.91 Å². The molecule has 110 valence electrons. The lowest BCUT2D eigenvalue weighted by Crippen LogP contribution is -2.42. The molecule has 1 unspecified atom stereocenters. The Morgan fingerprint density at radius 3 is 2.75 bits per heavy atom. The topological polar surface area (TPSA) is 40.5 Å². The Morgan fingerprint density at radius 2 is 2.05 bits per heavy atom. The molecule has 0 aliphatic carbocycles. The molecule has 1 N–H and O–H groups in total. The number of nitrogens with zero attached hydrogens (tertiary/aromatic N) is 1. The maximum atomic E-state index is 12.5. The van der Waals surface area contributed by atoms with E-state index in [0.717, 1.165) is 37.8 Å². The minimum Gasteiger partial charge on any atom is -0.394 e. The van der Waals surface area contributed by atoms with E-state index in [-0.39, 0.29) is 18.6 Å². The number of aliphatic hydroxyl groups is 1. The smallest absolute Gasteiger partial charge is 0.227 e. The van der Waals surface area contributed by atoms with Gasteiger partial charge >= 0.3 is 0 Å². The van der Waals surface area contributed by atoms with Crippen LogP contribution in [0.3, 0.4) is 0 Å². The van der Waals surface area contributed by atoms with Gasteiger partial charge in [-0.05, 0) is 43.4 Å². The molecule has 2 rings (SSSR count). The standard InChI is InChI=1S/C17H25NO2/c1-13-7-8-15(10-14(13)2)11-17(20)18-9-5-3-4-6-16(18)12-19/h7-8,10,16,19H,3-6,9,11-12H2,1-2H3. The van der Waals surface area contributed by atoms with Gasteiger partial charge in [-0.1, -0.05) is 31.0 Å². The molecule has 0 saturated carbocycles. The number of aliphatic hydroxyl groups excluding tert-OH is 1. The molecule has 3 nitrogen and oxygen atoms in total. The fourth-order valence-corrected chi connectivity index (χ4v) is 2.89. The summed E-state index contributed by atoms with van der Waals surface area (Å²) >= 11 is 0. The van der Waals surface area contributed by atoms with Crippen LogP contribution in [0, 0.1) is 13.8 Å². The second kappa shape index (κ2) is 6.89. The van der Waals surface area contributed by atoms with Crippen LogP contribution in [0.4, 0.5) is 0 Å². The molecule has 1 fully saturated rings. The van der Waals surface area contributed by atoms with Crippen LogP contribution in [-0.2, 0) is 11.2 Å². The van der Waals surface area contributed by atoms with Crippen molar-refractivity contribution in [3.8, 4) is 0 Å². The van der Waals surface area contributed by atoms with E-state index >= 15 is 0 Å². The average Bonchev–Trinajstić information content (AvgIpc) is 2.68. The van der Waals surface area contributed by atoms with Crippen molar-refractivity contribution in [3.63, 3.8) is 0 Å². The van der Waals surface area contributed by atoms with Gasteiger partial charge in [-0.15, -0.1) is 0 Å². The van der Waals surface area contributed by atoms with E-state index < -0.39 is 0 Å². The van der Waals surface area contributed by atoms with Gasteiger partial charge in [0, 0.05) is 6.54 Å². The molecule has 1 heterocycles.